The summed E-state index contributed by atoms with van der Waals surface area (Å²) in [5, 5.41) is 26.7. The van der Waals surface area contributed by atoms with E-state index in [2.05, 4.69) is 58.8 Å². The minimum absolute atomic E-state index is 0.187. The van der Waals surface area contributed by atoms with Crippen LogP contribution in [0.4, 0.5) is 44.5 Å². The summed E-state index contributed by atoms with van der Waals surface area (Å²) < 4.78 is 22.0. The third-order valence-corrected chi connectivity index (χ3v) is 8.00. The van der Waals surface area contributed by atoms with Gasteiger partial charge in [-0.2, -0.15) is 9.97 Å². The van der Waals surface area contributed by atoms with Crippen LogP contribution in [-0.4, -0.2) is 102 Å². The minimum atomic E-state index is -0.523. The quantitative estimate of drug-likeness (QED) is 0.0700. The topological polar surface area (TPSA) is 218 Å². The van der Waals surface area contributed by atoms with Crippen molar-refractivity contribution < 1.29 is 33.6 Å². The first-order chi connectivity index (χ1) is 26.5. The number of amides is 4. The van der Waals surface area contributed by atoms with Crippen LogP contribution in [0.2, 0.25) is 6.82 Å². The molecule has 0 unspecified atom stereocenters. The van der Waals surface area contributed by atoms with Gasteiger partial charge >= 0.3 is 19.1 Å². The number of unbranched alkanes of at least 4 members (excludes halogenated alkanes) is 1. The smallest absolute Gasteiger partial charge is 0.376 e. The molecule has 292 valence electrons. The molecule has 7 N–H and O–H groups in total. The fourth-order valence-corrected chi connectivity index (χ4v) is 5.14. The van der Waals surface area contributed by atoms with Crippen molar-refractivity contribution in [1.82, 2.24) is 24.7 Å². The number of urea groups is 2. The van der Waals surface area contributed by atoms with Crippen LogP contribution in [0.15, 0.2) is 48.5 Å². The number of hydrogen-bond donors (Lipinski definition) is 7. The van der Waals surface area contributed by atoms with E-state index < -0.39 is 19.1 Å². The van der Waals surface area contributed by atoms with E-state index in [9.17, 15) is 14.6 Å². The van der Waals surface area contributed by atoms with Gasteiger partial charge in [-0.05, 0) is 58.4 Å². The molecule has 18 nitrogen and oxygen atoms in total. The first-order valence-corrected chi connectivity index (χ1v) is 18.1. The summed E-state index contributed by atoms with van der Waals surface area (Å²) in [6.07, 6.45) is 2.15. The van der Waals surface area contributed by atoms with Gasteiger partial charge in [0.15, 0.2) is 23.0 Å². The highest BCUT2D eigenvalue weighted by Gasteiger charge is 2.16. The van der Waals surface area contributed by atoms with Crippen LogP contribution in [0.5, 0.6) is 23.0 Å². The Morgan fingerprint density at radius 2 is 1.15 bits per heavy atom. The molecule has 4 aromatic rings. The zero-order chi connectivity index (χ0) is 39.2. The lowest BCUT2D eigenvalue weighted by molar-refractivity contribution is 0.171. The van der Waals surface area contributed by atoms with Gasteiger partial charge in [-0.3, -0.25) is 10.6 Å². The van der Waals surface area contributed by atoms with Gasteiger partial charge in [-0.25, -0.2) is 19.6 Å². The maximum Gasteiger partial charge on any atom is 0.376 e. The average Bonchev–Trinajstić information content (AvgIpc) is 3.14. The number of carbonyl (C=O) groups is 2. The van der Waals surface area contributed by atoms with Crippen LogP contribution >= 0.6 is 0 Å². The number of ether oxygens (including phenoxy) is 4. The van der Waals surface area contributed by atoms with Crippen LogP contribution in [-0.2, 0) is 0 Å². The number of nitrogens with zero attached hydrogens (tertiary/aromatic N) is 5. The molecule has 2 aliphatic heterocycles. The Labute approximate surface area is 320 Å². The summed E-state index contributed by atoms with van der Waals surface area (Å²) >= 11 is 0. The second-order valence-corrected chi connectivity index (χ2v) is 12.6. The molecule has 2 aromatic heterocycles. The lowest BCUT2D eigenvalue weighted by Crippen LogP contribution is -2.36. The molecule has 0 atom stereocenters. The summed E-state index contributed by atoms with van der Waals surface area (Å²) in [7, 11) is 1.30. The van der Waals surface area contributed by atoms with Crippen molar-refractivity contribution in [2.24, 2.45) is 0 Å². The summed E-state index contributed by atoms with van der Waals surface area (Å²) in [6, 6.07) is 13.2. The van der Waals surface area contributed by atoms with Crippen molar-refractivity contribution in [3.05, 3.63) is 59.9 Å². The Hall–Kier alpha value is -6.08. The Morgan fingerprint density at radius 1 is 0.691 bits per heavy atom. The maximum absolute atomic E-state index is 12.3. The van der Waals surface area contributed by atoms with Gasteiger partial charge < -0.3 is 50.0 Å². The number of anilines is 6. The van der Waals surface area contributed by atoms with Crippen LogP contribution < -0.4 is 50.8 Å². The lowest BCUT2D eigenvalue weighted by atomic mass is 9.86. The highest BCUT2D eigenvalue weighted by Crippen LogP contribution is 2.33. The van der Waals surface area contributed by atoms with Gasteiger partial charge in [0.05, 0.1) is 0 Å². The van der Waals surface area contributed by atoms with Crippen molar-refractivity contribution in [2.45, 2.75) is 40.4 Å². The van der Waals surface area contributed by atoms with E-state index in [-0.39, 0.29) is 11.9 Å². The number of rotatable bonds is 13. The van der Waals surface area contributed by atoms with Crippen LogP contribution in [0.3, 0.4) is 0 Å². The predicted molar refractivity (Wildman–Crippen MR) is 212 cm³/mol. The van der Waals surface area contributed by atoms with E-state index in [1.807, 2.05) is 27.0 Å². The number of aromatic nitrogens is 4. The molecule has 0 saturated heterocycles. The highest BCUT2D eigenvalue weighted by molar-refractivity contribution is 6.45. The molecule has 0 radical (unpaired) electrons. The Kier molecular flexibility index (Phi) is 14.5. The molecule has 0 saturated carbocycles. The molecule has 0 fully saturated rings. The zero-order valence-corrected chi connectivity index (χ0v) is 31.7. The van der Waals surface area contributed by atoms with E-state index >= 15 is 0 Å². The summed E-state index contributed by atoms with van der Waals surface area (Å²) in [4.78, 5) is 43.5. The molecule has 4 amide bonds. The fraction of sp³-hybridized carbons (Fsp3) is 0.389. The molecule has 0 bridgehead atoms. The Balaban J connectivity index is 0.000000212. The average molecular weight is 758 g/mol. The summed E-state index contributed by atoms with van der Waals surface area (Å²) in [6.45, 7) is 11.6. The Morgan fingerprint density at radius 3 is 1.60 bits per heavy atom. The Bertz CT molecular complexity index is 1920. The van der Waals surface area contributed by atoms with Crippen LogP contribution in [0.25, 0.3) is 0 Å². The minimum Gasteiger partial charge on any atom is -0.486 e. The monoisotopic (exact) mass is 757 g/mol. The van der Waals surface area contributed by atoms with E-state index in [0.29, 0.717) is 91.2 Å². The molecular weight excluding hydrogens is 709 g/mol. The molecule has 0 spiro atoms. The zero-order valence-electron chi connectivity index (χ0n) is 31.7. The number of nitrogens with one attached hydrogen (secondary N) is 6. The molecule has 19 heteroatoms. The van der Waals surface area contributed by atoms with E-state index in [4.69, 9.17) is 18.9 Å². The molecule has 55 heavy (non-hydrogen) atoms. The number of aryl methyl sites for hydroxylation is 2. The van der Waals surface area contributed by atoms with Gasteiger partial charge in [0.25, 0.3) is 0 Å². The second kappa shape index (κ2) is 19.8. The van der Waals surface area contributed by atoms with Gasteiger partial charge in [0, 0.05) is 66.7 Å². The third kappa shape index (κ3) is 12.8. The van der Waals surface area contributed by atoms with Crippen molar-refractivity contribution in [1.29, 1.82) is 0 Å². The van der Waals surface area contributed by atoms with E-state index in [1.54, 1.807) is 54.1 Å². The lowest BCUT2D eigenvalue weighted by Gasteiger charge is -2.19. The van der Waals surface area contributed by atoms with Crippen molar-refractivity contribution >= 4 is 54.0 Å². The first kappa shape index (κ1) is 40.1. The number of hydrogen-bond acceptors (Lipinski definition) is 14. The normalized spacial score (nSPS) is 12.4. The molecule has 2 aliphatic rings. The number of benzene rings is 2. The standard InChI is InChI=1S/C18H25BN6O4.C18H23N5O3/c1-12-10-16(20-6-7-25(3)19(2)27)23-17(21-12)24-18(26)22-13-4-5-14-15(11-13)29-9-8-28-14;1-3-4-7-19-16-10-12(2)20-17(22-16)23-18(24)21-13-5-6-14-15(11-13)26-9-8-25-14/h4-5,10-11,27H,6-9H2,1-3H3,(H3,20,21,22,23,24,26);5-6,10-11H,3-4,7-9H2,1-2H3,(H3,19,20,21,22,23,24). The van der Waals surface area contributed by atoms with Crippen LogP contribution in [0.1, 0.15) is 31.2 Å². The predicted octanol–water partition coefficient (Wildman–Crippen LogP) is 5.07. The largest absolute Gasteiger partial charge is 0.486 e. The van der Waals surface area contributed by atoms with Crippen molar-refractivity contribution in [2.75, 3.05) is 85.0 Å². The molecule has 4 heterocycles. The van der Waals surface area contributed by atoms with Gasteiger partial charge in [-0.1, -0.05) is 13.3 Å². The third-order valence-electron chi connectivity index (χ3n) is 8.00. The fourth-order valence-electron chi connectivity index (χ4n) is 5.14. The number of fused-ring (bicyclic) bond motifs is 2. The molecule has 6 rings (SSSR count). The van der Waals surface area contributed by atoms with Gasteiger partial charge in [0.1, 0.15) is 38.1 Å². The molecule has 0 aliphatic carbocycles. The SMILES string of the molecule is CB(O)N(C)CCNc1cc(C)nc(NC(=O)Nc2ccc3c(c2)OCCO3)n1.CCCCNc1cc(C)nc(NC(=O)Nc2ccc3c(c2)OCCO3)n1. The van der Waals surface area contributed by atoms with Crippen molar-refractivity contribution in [3.63, 3.8) is 0 Å². The van der Waals surface area contributed by atoms with Crippen molar-refractivity contribution in [3.8, 4) is 23.0 Å². The van der Waals surface area contributed by atoms with Crippen LogP contribution in [0, 0.1) is 13.8 Å². The molecular formula is C36H48BN11O7. The summed E-state index contributed by atoms with van der Waals surface area (Å²) in [5.74, 6) is 4.25. The highest BCUT2D eigenvalue weighted by atomic mass is 16.6. The number of carbonyl (C=O) groups excluding carboxylic acids is 2. The molecule has 2 aromatic carbocycles. The first-order valence-electron chi connectivity index (χ1n) is 18.1. The van der Waals surface area contributed by atoms with Gasteiger partial charge in [-0.15, -0.1) is 0 Å². The van der Waals surface area contributed by atoms with E-state index in [1.165, 1.54) is 0 Å². The number of likely N-dealkylation sites (N-methyl/N-ethyl adjacent to an activating group) is 1. The maximum atomic E-state index is 12.3. The van der Waals surface area contributed by atoms with E-state index in [0.717, 1.165) is 25.1 Å². The van der Waals surface area contributed by atoms with Gasteiger partial charge in [0.2, 0.25) is 11.9 Å². The second-order valence-electron chi connectivity index (χ2n) is 12.6. The summed E-state index contributed by atoms with van der Waals surface area (Å²) in [5.41, 5.74) is 2.65.